The molecule has 1 aliphatic heterocycles. The molecule has 6 nitrogen and oxygen atoms in total. The molecule has 1 saturated heterocycles. The van der Waals surface area contributed by atoms with Crippen LogP contribution in [-0.4, -0.2) is 48.0 Å². The highest BCUT2D eigenvalue weighted by atomic mass is 16.6. The van der Waals surface area contributed by atoms with Gasteiger partial charge in [0.2, 0.25) is 5.54 Å². The number of benzene rings is 2. The maximum Gasteiger partial charge on any atom is 0.340 e. The summed E-state index contributed by atoms with van der Waals surface area (Å²) in [5.41, 5.74) is 2.66. The van der Waals surface area contributed by atoms with E-state index in [9.17, 15) is 14.8 Å². The number of rotatable bonds is 4. The summed E-state index contributed by atoms with van der Waals surface area (Å²) in [5.74, 6) is -1.67. The summed E-state index contributed by atoms with van der Waals surface area (Å²) in [6.45, 7) is 0.318. The van der Waals surface area contributed by atoms with Crippen molar-refractivity contribution in [3.05, 3.63) is 59.7 Å². The molecule has 0 radical (unpaired) electrons. The van der Waals surface area contributed by atoms with Crippen molar-refractivity contribution in [1.82, 2.24) is 5.06 Å². The largest absolute Gasteiger partial charge is 0.467 e. The van der Waals surface area contributed by atoms with E-state index in [4.69, 9.17) is 9.47 Å². The van der Waals surface area contributed by atoms with Crippen molar-refractivity contribution in [3.63, 3.8) is 0 Å². The van der Waals surface area contributed by atoms with Crippen LogP contribution in [0.5, 0.6) is 0 Å². The van der Waals surface area contributed by atoms with Gasteiger partial charge < -0.3 is 14.7 Å². The zero-order valence-electron chi connectivity index (χ0n) is 15.1. The van der Waals surface area contributed by atoms with Crippen molar-refractivity contribution < 1.29 is 24.3 Å². The fourth-order valence-corrected chi connectivity index (χ4v) is 4.19. The number of nitrogens with zero attached hydrogens (tertiary/aromatic N) is 1. The summed E-state index contributed by atoms with van der Waals surface area (Å²) in [4.78, 5) is 25.1. The van der Waals surface area contributed by atoms with Crippen molar-refractivity contribution >= 4 is 11.9 Å². The number of hydroxylamine groups is 2. The van der Waals surface area contributed by atoms with E-state index in [1.807, 2.05) is 36.4 Å². The third-order valence-corrected chi connectivity index (χ3v) is 5.55. The molecule has 1 aliphatic carbocycles. The van der Waals surface area contributed by atoms with Gasteiger partial charge in [-0.05, 0) is 35.1 Å². The van der Waals surface area contributed by atoms with Gasteiger partial charge in [-0.2, -0.15) is 5.06 Å². The molecule has 2 aromatic carbocycles. The van der Waals surface area contributed by atoms with E-state index in [0.717, 1.165) is 27.3 Å². The first-order chi connectivity index (χ1) is 13.1. The Morgan fingerprint density at radius 3 is 2.19 bits per heavy atom. The van der Waals surface area contributed by atoms with Gasteiger partial charge in [0, 0.05) is 12.5 Å². The topological polar surface area (TPSA) is 76.1 Å². The molecular formula is C21H21NO5. The molecule has 0 saturated carbocycles. The average molecular weight is 367 g/mol. The van der Waals surface area contributed by atoms with Gasteiger partial charge in [0.15, 0.2) is 0 Å². The molecule has 0 unspecified atom stereocenters. The van der Waals surface area contributed by atoms with Gasteiger partial charge in [-0.1, -0.05) is 48.5 Å². The van der Waals surface area contributed by atoms with Gasteiger partial charge in [0.05, 0.1) is 7.11 Å². The Kier molecular flexibility index (Phi) is 4.45. The highest BCUT2D eigenvalue weighted by Gasteiger charge is 2.56. The highest BCUT2D eigenvalue weighted by Crippen LogP contribution is 2.44. The smallest absolute Gasteiger partial charge is 0.340 e. The molecule has 6 heteroatoms. The Morgan fingerprint density at radius 2 is 1.67 bits per heavy atom. The van der Waals surface area contributed by atoms with Crippen molar-refractivity contribution in [2.45, 2.75) is 24.3 Å². The van der Waals surface area contributed by atoms with Crippen LogP contribution in [-0.2, 0) is 19.1 Å². The molecule has 0 aromatic heterocycles. The number of carbonyl (C=O) groups is 2. The van der Waals surface area contributed by atoms with Gasteiger partial charge in [-0.3, -0.25) is 0 Å². The van der Waals surface area contributed by atoms with Crippen molar-refractivity contribution in [2.24, 2.45) is 0 Å². The lowest BCUT2D eigenvalue weighted by molar-refractivity contribution is -0.202. The maximum absolute atomic E-state index is 12.8. The lowest BCUT2D eigenvalue weighted by Crippen LogP contribution is -2.56. The molecule has 1 heterocycles. The van der Waals surface area contributed by atoms with Crippen LogP contribution >= 0.6 is 0 Å². The maximum atomic E-state index is 12.8. The Morgan fingerprint density at radius 1 is 1.07 bits per heavy atom. The fourth-order valence-electron chi connectivity index (χ4n) is 4.19. The Bertz CT molecular complexity index is 850. The summed E-state index contributed by atoms with van der Waals surface area (Å²) >= 11 is 0. The van der Waals surface area contributed by atoms with Gasteiger partial charge >= 0.3 is 11.9 Å². The van der Waals surface area contributed by atoms with Crippen molar-refractivity contribution in [2.75, 3.05) is 20.3 Å². The van der Waals surface area contributed by atoms with Gasteiger partial charge in [0.1, 0.15) is 6.61 Å². The van der Waals surface area contributed by atoms with Gasteiger partial charge in [-0.15, -0.1) is 0 Å². The first-order valence-electron chi connectivity index (χ1n) is 9.00. The quantitative estimate of drug-likeness (QED) is 0.661. The molecule has 4 rings (SSSR count). The predicted molar refractivity (Wildman–Crippen MR) is 97.2 cm³/mol. The molecular weight excluding hydrogens is 346 g/mol. The third-order valence-electron chi connectivity index (χ3n) is 5.55. The first kappa shape index (κ1) is 17.7. The minimum atomic E-state index is -1.77. The molecule has 1 fully saturated rings. The average Bonchev–Trinajstić information content (AvgIpc) is 3.24. The summed E-state index contributed by atoms with van der Waals surface area (Å²) in [6.07, 6.45) is 0.683. The van der Waals surface area contributed by atoms with E-state index in [1.165, 1.54) is 7.11 Å². The summed E-state index contributed by atoms with van der Waals surface area (Å²) in [5, 5.41) is 10.9. The van der Waals surface area contributed by atoms with Crippen molar-refractivity contribution in [3.8, 4) is 11.1 Å². The van der Waals surface area contributed by atoms with Crippen LogP contribution < -0.4 is 0 Å². The van der Waals surface area contributed by atoms with E-state index >= 15 is 0 Å². The molecule has 0 bridgehead atoms. The minimum absolute atomic E-state index is 0.0967. The molecule has 0 amide bonds. The molecule has 2 aliphatic rings. The zero-order valence-corrected chi connectivity index (χ0v) is 15.1. The van der Waals surface area contributed by atoms with E-state index in [0.29, 0.717) is 6.42 Å². The summed E-state index contributed by atoms with van der Waals surface area (Å²) in [6, 6.07) is 16.0. The van der Waals surface area contributed by atoms with Crippen molar-refractivity contribution in [1.29, 1.82) is 0 Å². The number of carbonyl (C=O) groups excluding carboxylic acids is 2. The van der Waals surface area contributed by atoms with Crippen LogP contribution in [0.1, 0.15) is 29.9 Å². The van der Waals surface area contributed by atoms with Crippen LogP contribution in [0.3, 0.4) is 0 Å². The lowest BCUT2D eigenvalue weighted by atomic mass is 9.96. The second-order valence-corrected chi connectivity index (χ2v) is 6.90. The van der Waals surface area contributed by atoms with E-state index in [-0.39, 0.29) is 25.5 Å². The van der Waals surface area contributed by atoms with Gasteiger partial charge in [-0.25, -0.2) is 9.59 Å². The molecule has 2 aromatic rings. The first-order valence-corrected chi connectivity index (χ1v) is 9.00. The molecule has 1 N–H and O–H groups in total. The lowest BCUT2D eigenvalue weighted by Gasteiger charge is -2.29. The van der Waals surface area contributed by atoms with Crippen LogP contribution in [0, 0.1) is 0 Å². The van der Waals surface area contributed by atoms with Crippen LogP contribution in [0.4, 0.5) is 0 Å². The Balaban J connectivity index is 1.60. The zero-order chi connectivity index (χ0) is 19.0. The fraction of sp³-hybridized carbons (Fsp3) is 0.333. The minimum Gasteiger partial charge on any atom is -0.467 e. The monoisotopic (exact) mass is 367 g/mol. The SMILES string of the molecule is COC(=O)[C@]1(C(=O)OCC2c3ccccc3-c3ccccc32)CCCN1O. The van der Waals surface area contributed by atoms with Crippen LogP contribution in [0.2, 0.25) is 0 Å². The second kappa shape index (κ2) is 6.79. The highest BCUT2D eigenvalue weighted by molar-refractivity contribution is 6.05. The van der Waals surface area contributed by atoms with Crippen LogP contribution in [0.25, 0.3) is 11.1 Å². The van der Waals surface area contributed by atoms with Gasteiger partial charge in [0.25, 0.3) is 0 Å². The van der Waals surface area contributed by atoms with E-state index in [2.05, 4.69) is 12.1 Å². The molecule has 0 spiro atoms. The number of fused-ring (bicyclic) bond motifs is 3. The Labute approximate surface area is 157 Å². The number of hydrogen-bond donors (Lipinski definition) is 1. The Hall–Kier alpha value is -2.70. The molecule has 1 atom stereocenters. The van der Waals surface area contributed by atoms with Crippen LogP contribution in [0.15, 0.2) is 48.5 Å². The number of esters is 2. The molecule has 27 heavy (non-hydrogen) atoms. The van der Waals surface area contributed by atoms with E-state index < -0.39 is 17.5 Å². The third kappa shape index (κ3) is 2.64. The number of ether oxygens (including phenoxy) is 2. The molecule has 140 valence electrons. The normalized spacial score (nSPS) is 21.6. The summed E-state index contributed by atoms with van der Waals surface area (Å²) < 4.78 is 10.4. The summed E-state index contributed by atoms with van der Waals surface area (Å²) in [7, 11) is 1.20. The number of methoxy groups -OCH3 is 1. The number of hydrogen-bond acceptors (Lipinski definition) is 6. The van der Waals surface area contributed by atoms with E-state index in [1.54, 1.807) is 0 Å². The second-order valence-electron chi connectivity index (χ2n) is 6.90. The standard InChI is InChI=1S/C21H21NO5/c1-26-19(23)21(11-6-12-22(21)25)20(24)27-13-18-16-9-4-2-7-14(16)15-8-3-5-10-17(15)18/h2-5,7-10,18,25H,6,11-13H2,1H3/t21-/m0/s1. The predicted octanol–water partition coefficient (Wildman–Crippen LogP) is 2.74.